The highest BCUT2D eigenvalue weighted by molar-refractivity contribution is 9.10. The van der Waals surface area contributed by atoms with Crippen molar-refractivity contribution in [2.24, 2.45) is 0 Å². The third-order valence-corrected chi connectivity index (χ3v) is 2.92. The van der Waals surface area contributed by atoms with E-state index in [9.17, 15) is 14.4 Å². The van der Waals surface area contributed by atoms with E-state index in [2.05, 4.69) is 15.9 Å². The molecule has 0 aliphatic heterocycles. The zero-order valence-corrected chi connectivity index (χ0v) is 12.3. The largest absolute Gasteiger partial charge is 0.481 e. The highest BCUT2D eigenvalue weighted by Gasteiger charge is 2.16. The van der Waals surface area contributed by atoms with Gasteiger partial charge >= 0.3 is 11.9 Å². The molecule has 0 saturated carbocycles. The normalized spacial score (nSPS) is 12.3. The third-order valence-electron chi connectivity index (χ3n) is 2.50. The Labute approximate surface area is 124 Å². The zero-order chi connectivity index (χ0) is 15.3. The first-order valence-electron chi connectivity index (χ1n) is 5.75. The van der Waals surface area contributed by atoms with E-state index in [0.717, 1.165) is 6.08 Å². The molecule has 0 spiro atoms. The molecule has 0 heterocycles. The molecular weight excluding hydrogens is 328 g/mol. The number of carboxylic acid groups (broad SMARTS) is 2. The number of Topliss-reactive ketones (excluding diaryl/α,β-unsaturated/α-hetero) is 1. The van der Waals surface area contributed by atoms with Crippen LogP contribution in [0.2, 0.25) is 0 Å². The lowest BCUT2D eigenvalue weighted by Crippen LogP contribution is -2.12. The molecule has 1 aromatic carbocycles. The molecule has 1 rings (SSSR count). The van der Waals surface area contributed by atoms with Crippen LogP contribution in [0.5, 0.6) is 0 Å². The number of carboxylic acids is 2. The van der Waals surface area contributed by atoms with Crippen LogP contribution in [-0.4, -0.2) is 32.8 Å². The van der Waals surface area contributed by atoms with Crippen LogP contribution in [-0.2, 0) is 16.0 Å². The van der Waals surface area contributed by atoms with Crippen molar-refractivity contribution in [1.29, 1.82) is 0 Å². The van der Waals surface area contributed by atoms with Crippen molar-refractivity contribution in [3.8, 4) is 0 Å². The number of rotatable bonds is 6. The third kappa shape index (κ3) is 4.62. The fourth-order valence-corrected chi connectivity index (χ4v) is 1.88. The minimum absolute atomic E-state index is 0.188. The topological polar surface area (TPSA) is 91.7 Å². The van der Waals surface area contributed by atoms with E-state index in [0.29, 0.717) is 16.7 Å². The molecule has 0 aromatic heterocycles. The molecule has 0 aliphatic rings. The highest BCUT2D eigenvalue weighted by Crippen LogP contribution is 2.19. The Morgan fingerprint density at radius 3 is 2.45 bits per heavy atom. The number of aliphatic carboxylic acids is 2. The number of hydrogen-bond acceptors (Lipinski definition) is 3. The summed E-state index contributed by atoms with van der Waals surface area (Å²) >= 11 is 3.17. The van der Waals surface area contributed by atoms with E-state index in [1.807, 2.05) is 0 Å². The SMILES string of the molecule is CC(Br)C(=O)c1ccc(CC(=O)O)cc1C=CC(=O)O. The maximum atomic E-state index is 12.0. The predicted octanol–water partition coefficient (Wildman–Crippen LogP) is 2.38. The van der Waals surface area contributed by atoms with E-state index >= 15 is 0 Å². The first-order chi connectivity index (χ1) is 9.31. The maximum absolute atomic E-state index is 12.0. The molecule has 0 saturated heterocycles. The summed E-state index contributed by atoms with van der Waals surface area (Å²) in [7, 11) is 0. The fraction of sp³-hybridized carbons (Fsp3) is 0.214. The van der Waals surface area contributed by atoms with E-state index < -0.39 is 16.8 Å². The van der Waals surface area contributed by atoms with Gasteiger partial charge in [0.15, 0.2) is 5.78 Å². The van der Waals surface area contributed by atoms with E-state index in [-0.39, 0.29) is 12.2 Å². The summed E-state index contributed by atoms with van der Waals surface area (Å²) in [4.78, 5) is 32.8. The van der Waals surface area contributed by atoms with Gasteiger partial charge in [-0.25, -0.2) is 4.79 Å². The van der Waals surface area contributed by atoms with Crippen LogP contribution < -0.4 is 0 Å². The molecule has 20 heavy (non-hydrogen) atoms. The summed E-state index contributed by atoms with van der Waals surface area (Å²) in [5.41, 5.74) is 1.24. The van der Waals surface area contributed by atoms with E-state index in [4.69, 9.17) is 10.2 Å². The Kier molecular flexibility index (Phi) is 5.64. The zero-order valence-electron chi connectivity index (χ0n) is 10.7. The number of hydrogen-bond donors (Lipinski definition) is 2. The molecule has 0 fully saturated rings. The molecule has 2 N–H and O–H groups in total. The summed E-state index contributed by atoms with van der Waals surface area (Å²) in [6, 6.07) is 4.57. The van der Waals surface area contributed by atoms with Crippen LogP contribution in [0.15, 0.2) is 24.3 Å². The first kappa shape index (κ1) is 16.1. The summed E-state index contributed by atoms with van der Waals surface area (Å²) in [6.45, 7) is 1.66. The standard InChI is InChI=1S/C14H13BrO5/c1-8(15)14(20)11-4-2-9(7-13(18)19)6-10(11)3-5-12(16)17/h2-6,8H,7H2,1H3,(H,16,17)(H,18,19). The van der Waals surface area contributed by atoms with Crippen molar-refractivity contribution in [2.45, 2.75) is 18.2 Å². The number of ketones is 1. The van der Waals surface area contributed by atoms with Gasteiger partial charge in [-0.05, 0) is 24.1 Å². The second-order valence-electron chi connectivity index (χ2n) is 4.14. The van der Waals surface area contributed by atoms with Gasteiger partial charge in [0.2, 0.25) is 0 Å². The molecule has 0 radical (unpaired) electrons. The highest BCUT2D eigenvalue weighted by atomic mass is 79.9. The average Bonchev–Trinajstić information content (AvgIpc) is 2.34. The molecule has 5 nitrogen and oxygen atoms in total. The monoisotopic (exact) mass is 340 g/mol. The van der Waals surface area contributed by atoms with Crippen LogP contribution in [0.4, 0.5) is 0 Å². The average molecular weight is 341 g/mol. The molecule has 0 aliphatic carbocycles. The van der Waals surface area contributed by atoms with E-state index in [1.165, 1.54) is 18.2 Å². The smallest absolute Gasteiger partial charge is 0.328 e. The van der Waals surface area contributed by atoms with Gasteiger partial charge in [-0.1, -0.05) is 34.1 Å². The fourth-order valence-electron chi connectivity index (χ4n) is 1.63. The molecule has 0 bridgehead atoms. The van der Waals surface area contributed by atoms with E-state index in [1.54, 1.807) is 13.0 Å². The second-order valence-corrected chi connectivity index (χ2v) is 5.52. The number of carbonyl (C=O) groups is 3. The second kappa shape index (κ2) is 7.00. The quantitative estimate of drug-likeness (QED) is 0.471. The minimum atomic E-state index is -1.14. The van der Waals surface area contributed by atoms with Gasteiger partial charge in [0, 0.05) is 11.6 Å². The summed E-state index contributed by atoms with van der Waals surface area (Å²) in [6.07, 6.45) is 2.01. The van der Waals surface area contributed by atoms with Gasteiger partial charge in [0.05, 0.1) is 11.2 Å². The van der Waals surface area contributed by atoms with Crippen LogP contribution in [0.1, 0.15) is 28.4 Å². The number of alkyl halides is 1. The number of halogens is 1. The van der Waals surface area contributed by atoms with Crippen LogP contribution >= 0.6 is 15.9 Å². The van der Waals surface area contributed by atoms with Gasteiger partial charge < -0.3 is 10.2 Å². The molecule has 0 amide bonds. The van der Waals surface area contributed by atoms with Crippen molar-refractivity contribution in [2.75, 3.05) is 0 Å². The lowest BCUT2D eigenvalue weighted by molar-refractivity contribution is -0.136. The number of benzene rings is 1. The van der Waals surface area contributed by atoms with Crippen LogP contribution in [0.3, 0.4) is 0 Å². The Hall–Kier alpha value is -1.95. The van der Waals surface area contributed by atoms with Crippen molar-refractivity contribution in [3.05, 3.63) is 41.0 Å². The van der Waals surface area contributed by atoms with Gasteiger partial charge in [-0.2, -0.15) is 0 Å². The minimum Gasteiger partial charge on any atom is -0.481 e. The first-order valence-corrected chi connectivity index (χ1v) is 6.67. The summed E-state index contributed by atoms with van der Waals surface area (Å²) < 4.78 is 0. The number of carbonyl (C=O) groups excluding carboxylic acids is 1. The Morgan fingerprint density at radius 1 is 1.30 bits per heavy atom. The van der Waals surface area contributed by atoms with Gasteiger partial charge in [-0.15, -0.1) is 0 Å². The van der Waals surface area contributed by atoms with Gasteiger partial charge in [0.1, 0.15) is 0 Å². The maximum Gasteiger partial charge on any atom is 0.328 e. The molecule has 1 atom stereocenters. The molecular formula is C14H13BrO5. The Bertz CT molecular complexity index is 575. The summed E-state index contributed by atoms with van der Waals surface area (Å²) in [5, 5.41) is 17.4. The Morgan fingerprint density at radius 2 is 1.95 bits per heavy atom. The molecule has 106 valence electrons. The Balaban J connectivity index is 3.26. The lowest BCUT2D eigenvalue weighted by Gasteiger charge is -2.09. The lowest BCUT2D eigenvalue weighted by atomic mass is 9.98. The van der Waals surface area contributed by atoms with Crippen molar-refractivity contribution >= 4 is 39.7 Å². The molecule has 1 aromatic rings. The summed E-state index contributed by atoms with van der Waals surface area (Å²) in [5.74, 6) is -2.33. The van der Waals surface area contributed by atoms with Crippen molar-refractivity contribution in [3.63, 3.8) is 0 Å². The van der Waals surface area contributed by atoms with Gasteiger partial charge in [0.25, 0.3) is 0 Å². The molecule has 1 unspecified atom stereocenters. The van der Waals surface area contributed by atoms with Crippen molar-refractivity contribution in [1.82, 2.24) is 0 Å². The molecule has 6 heteroatoms. The van der Waals surface area contributed by atoms with Gasteiger partial charge in [-0.3, -0.25) is 9.59 Å². The van der Waals surface area contributed by atoms with Crippen LogP contribution in [0, 0.1) is 0 Å². The van der Waals surface area contributed by atoms with Crippen molar-refractivity contribution < 1.29 is 24.6 Å². The predicted molar refractivity (Wildman–Crippen MR) is 77.2 cm³/mol. The van der Waals surface area contributed by atoms with Crippen LogP contribution in [0.25, 0.3) is 6.08 Å².